The van der Waals surface area contributed by atoms with Crippen LogP contribution in [-0.4, -0.2) is 41.5 Å². The number of amides is 1. The molecule has 1 atom stereocenters. The van der Waals surface area contributed by atoms with E-state index < -0.39 is 0 Å². The zero-order valence-electron chi connectivity index (χ0n) is 14.4. The largest absolute Gasteiger partial charge is 0.392 e. The summed E-state index contributed by atoms with van der Waals surface area (Å²) in [5, 5.41) is 12.8. The number of nitrogens with zero attached hydrogens (tertiary/aromatic N) is 2. The second-order valence-electron chi connectivity index (χ2n) is 6.22. The van der Waals surface area contributed by atoms with Gasteiger partial charge in [-0.2, -0.15) is 0 Å². The molecule has 24 heavy (non-hydrogen) atoms. The van der Waals surface area contributed by atoms with Gasteiger partial charge in [0.1, 0.15) is 0 Å². The van der Waals surface area contributed by atoms with Crippen LogP contribution in [-0.2, 0) is 17.9 Å². The number of aliphatic hydroxyl groups excluding tert-OH is 1. The Morgan fingerprint density at radius 3 is 2.83 bits per heavy atom. The number of carbonyl (C=O) groups is 1. The van der Waals surface area contributed by atoms with Crippen molar-refractivity contribution in [3.05, 3.63) is 35.4 Å². The van der Waals surface area contributed by atoms with Crippen LogP contribution in [0.5, 0.6) is 0 Å². The molecule has 1 unspecified atom stereocenters. The normalized spacial score (nSPS) is 18.5. The van der Waals surface area contributed by atoms with Crippen molar-refractivity contribution >= 4 is 11.9 Å². The minimum absolute atomic E-state index is 0.0205. The van der Waals surface area contributed by atoms with Crippen LogP contribution in [0, 0.1) is 5.92 Å². The Hall–Kier alpha value is -2.08. The van der Waals surface area contributed by atoms with Crippen molar-refractivity contribution in [3.8, 4) is 0 Å². The lowest BCUT2D eigenvalue weighted by Crippen LogP contribution is -2.47. The number of aliphatic hydroxyl groups is 1. The maximum absolute atomic E-state index is 11.2. The monoisotopic (exact) mass is 332 g/mol. The topological polar surface area (TPSA) is 91.0 Å². The lowest BCUT2D eigenvalue weighted by atomic mass is 9.95. The highest BCUT2D eigenvalue weighted by Gasteiger charge is 2.23. The van der Waals surface area contributed by atoms with E-state index in [-0.39, 0.29) is 12.5 Å². The Morgan fingerprint density at radius 1 is 1.42 bits per heavy atom. The first-order valence-electron chi connectivity index (χ1n) is 8.63. The predicted octanol–water partition coefficient (Wildman–Crippen LogP) is 1.23. The molecule has 1 heterocycles. The number of aliphatic imine (C=N–C) groups is 1. The van der Waals surface area contributed by atoms with Crippen molar-refractivity contribution in [1.82, 2.24) is 10.2 Å². The first kappa shape index (κ1) is 18.3. The number of rotatable bonds is 6. The minimum Gasteiger partial charge on any atom is -0.392 e. The number of carbonyl (C=O) groups excluding carboxylic acids is 1. The van der Waals surface area contributed by atoms with Gasteiger partial charge in [-0.25, -0.2) is 4.99 Å². The van der Waals surface area contributed by atoms with Gasteiger partial charge in [-0.3, -0.25) is 4.79 Å². The van der Waals surface area contributed by atoms with Gasteiger partial charge in [-0.05, 0) is 36.8 Å². The van der Waals surface area contributed by atoms with Crippen LogP contribution in [0.3, 0.4) is 0 Å². The SMILES string of the molecule is CCNC(=NCc1ccccc1CO)N1CCCC(CC(N)=O)C1. The van der Waals surface area contributed by atoms with Gasteiger partial charge in [-0.15, -0.1) is 0 Å². The van der Waals surface area contributed by atoms with Gasteiger partial charge in [0.25, 0.3) is 0 Å². The van der Waals surface area contributed by atoms with E-state index in [1.54, 1.807) is 0 Å². The zero-order chi connectivity index (χ0) is 17.4. The Labute approximate surface area is 143 Å². The summed E-state index contributed by atoms with van der Waals surface area (Å²) in [6.07, 6.45) is 2.50. The van der Waals surface area contributed by atoms with Crippen LogP contribution < -0.4 is 11.1 Å². The molecule has 6 heteroatoms. The van der Waals surface area contributed by atoms with E-state index >= 15 is 0 Å². The summed E-state index contributed by atoms with van der Waals surface area (Å²) in [6.45, 7) is 5.11. The molecule has 1 saturated heterocycles. The smallest absolute Gasteiger partial charge is 0.217 e. The van der Waals surface area contributed by atoms with Crippen LogP contribution in [0.25, 0.3) is 0 Å². The van der Waals surface area contributed by atoms with Gasteiger partial charge < -0.3 is 21.1 Å². The van der Waals surface area contributed by atoms with Crippen LogP contribution in [0.1, 0.15) is 37.3 Å². The molecule has 132 valence electrons. The van der Waals surface area contributed by atoms with E-state index in [2.05, 4.69) is 10.2 Å². The molecule has 1 aromatic rings. The highest BCUT2D eigenvalue weighted by Crippen LogP contribution is 2.19. The summed E-state index contributed by atoms with van der Waals surface area (Å²) < 4.78 is 0. The molecule has 0 bridgehead atoms. The molecule has 4 N–H and O–H groups in total. The number of piperidine rings is 1. The molecule has 1 aliphatic rings. The number of likely N-dealkylation sites (tertiary alicyclic amines) is 1. The Kier molecular flexibility index (Phi) is 7.06. The van der Waals surface area contributed by atoms with Crippen LogP contribution >= 0.6 is 0 Å². The highest BCUT2D eigenvalue weighted by molar-refractivity contribution is 5.80. The minimum atomic E-state index is -0.235. The third-order valence-corrected chi connectivity index (χ3v) is 4.33. The first-order chi connectivity index (χ1) is 11.6. The number of nitrogens with one attached hydrogen (secondary N) is 1. The second-order valence-corrected chi connectivity index (χ2v) is 6.22. The first-order valence-corrected chi connectivity index (χ1v) is 8.63. The molecule has 0 aromatic heterocycles. The molecule has 1 amide bonds. The van der Waals surface area contributed by atoms with Gasteiger partial charge in [-0.1, -0.05) is 24.3 Å². The third-order valence-electron chi connectivity index (χ3n) is 4.33. The fourth-order valence-electron chi connectivity index (χ4n) is 3.16. The van der Waals surface area contributed by atoms with Crippen molar-refractivity contribution < 1.29 is 9.90 Å². The second kappa shape index (κ2) is 9.27. The summed E-state index contributed by atoms with van der Waals surface area (Å²) in [7, 11) is 0. The number of guanidine groups is 1. The van der Waals surface area contributed by atoms with Gasteiger partial charge in [0.15, 0.2) is 5.96 Å². The number of benzene rings is 1. The van der Waals surface area contributed by atoms with E-state index in [0.29, 0.717) is 18.9 Å². The molecule has 0 aliphatic carbocycles. The molecule has 2 rings (SSSR count). The summed E-state index contributed by atoms with van der Waals surface area (Å²) in [5.41, 5.74) is 7.28. The fourth-order valence-corrected chi connectivity index (χ4v) is 3.16. The van der Waals surface area contributed by atoms with E-state index in [0.717, 1.165) is 49.6 Å². The molecule has 0 radical (unpaired) electrons. The standard InChI is InChI=1S/C18H28N4O2/c1-2-20-18(21-11-15-7-3-4-8-16(15)13-23)22-9-5-6-14(12-22)10-17(19)24/h3-4,7-8,14,23H,2,5-6,9-13H2,1H3,(H2,19,24)(H,20,21). The number of primary amides is 1. The van der Waals surface area contributed by atoms with Crippen molar-refractivity contribution in [1.29, 1.82) is 0 Å². The number of nitrogens with two attached hydrogens (primary N) is 1. The molecule has 1 fully saturated rings. The molecular formula is C18H28N4O2. The average Bonchev–Trinajstić information content (AvgIpc) is 2.58. The van der Waals surface area contributed by atoms with E-state index in [1.165, 1.54) is 0 Å². The van der Waals surface area contributed by atoms with Crippen LogP contribution in [0.2, 0.25) is 0 Å². The molecule has 6 nitrogen and oxygen atoms in total. The highest BCUT2D eigenvalue weighted by atomic mass is 16.3. The lowest BCUT2D eigenvalue weighted by Gasteiger charge is -2.34. The van der Waals surface area contributed by atoms with Crippen molar-refractivity contribution in [2.24, 2.45) is 16.6 Å². The van der Waals surface area contributed by atoms with E-state index in [4.69, 9.17) is 10.7 Å². The number of hydrogen-bond donors (Lipinski definition) is 3. The quantitative estimate of drug-likeness (QED) is 0.540. The average molecular weight is 332 g/mol. The number of hydrogen-bond acceptors (Lipinski definition) is 3. The maximum Gasteiger partial charge on any atom is 0.217 e. The Morgan fingerprint density at radius 2 is 2.17 bits per heavy atom. The van der Waals surface area contributed by atoms with Crippen molar-refractivity contribution in [3.63, 3.8) is 0 Å². The molecular weight excluding hydrogens is 304 g/mol. The Balaban J connectivity index is 2.08. The summed E-state index contributed by atoms with van der Waals surface area (Å²) in [6, 6.07) is 7.79. The third kappa shape index (κ3) is 5.23. The maximum atomic E-state index is 11.2. The fraction of sp³-hybridized carbons (Fsp3) is 0.556. The molecule has 1 aromatic carbocycles. The van der Waals surface area contributed by atoms with Crippen molar-refractivity contribution in [2.75, 3.05) is 19.6 Å². The molecule has 1 aliphatic heterocycles. The van der Waals surface area contributed by atoms with Crippen LogP contribution in [0.15, 0.2) is 29.3 Å². The van der Waals surface area contributed by atoms with E-state index in [9.17, 15) is 9.90 Å². The summed E-state index contributed by atoms with van der Waals surface area (Å²) in [4.78, 5) is 18.1. The van der Waals surface area contributed by atoms with Gasteiger partial charge in [0.05, 0.1) is 13.2 Å². The zero-order valence-corrected chi connectivity index (χ0v) is 14.4. The summed E-state index contributed by atoms with van der Waals surface area (Å²) >= 11 is 0. The predicted molar refractivity (Wildman–Crippen MR) is 95.3 cm³/mol. The Bertz CT molecular complexity index is 574. The van der Waals surface area contributed by atoms with Gasteiger partial charge >= 0.3 is 0 Å². The summed E-state index contributed by atoms with van der Waals surface area (Å²) in [5.74, 6) is 0.921. The van der Waals surface area contributed by atoms with E-state index in [1.807, 2.05) is 31.2 Å². The van der Waals surface area contributed by atoms with Gasteiger partial charge in [0, 0.05) is 26.1 Å². The van der Waals surface area contributed by atoms with Crippen LogP contribution in [0.4, 0.5) is 0 Å². The van der Waals surface area contributed by atoms with Crippen molar-refractivity contribution in [2.45, 2.75) is 39.3 Å². The molecule has 0 spiro atoms. The van der Waals surface area contributed by atoms with Gasteiger partial charge in [0.2, 0.25) is 5.91 Å². The molecule has 0 saturated carbocycles. The lowest BCUT2D eigenvalue weighted by molar-refractivity contribution is -0.119.